The highest BCUT2D eigenvalue weighted by molar-refractivity contribution is 4.72. The molecular weight excluding hydrogens is 190 g/mol. The zero-order valence-corrected chi connectivity index (χ0v) is 10.0. The van der Waals surface area contributed by atoms with Gasteiger partial charge in [-0.05, 0) is 38.1 Å². The van der Waals surface area contributed by atoms with Gasteiger partial charge in [-0.2, -0.15) is 0 Å². The molecule has 0 aromatic heterocycles. The van der Waals surface area contributed by atoms with Crippen LogP contribution in [-0.4, -0.2) is 37.0 Å². The lowest BCUT2D eigenvalue weighted by molar-refractivity contribution is 0.102. The summed E-state index contributed by atoms with van der Waals surface area (Å²) in [6.07, 6.45) is 4.86. The van der Waals surface area contributed by atoms with Crippen LogP contribution in [0.3, 0.4) is 0 Å². The van der Waals surface area contributed by atoms with E-state index in [-0.39, 0.29) is 6.61 Å². The fourth-order valence-electron chi connectivity index (χ4n) is 2.11. The van der Waals surface area contributed by atoms with Crippen molar-refractivity contribution in [1.29, 1.82) is 0 Å². The third-order valence-corrected chi connectivity index (χ3v) is 3.14. The molecular formula is C12H25NO2. The Bertz CT molecular complexity index is 156. The van der Waals surface area contributed by atoms with Gasteiger partial charge in [-0.15, -0.1) is 0 Å². The fourth-order valence-corrected chi connectivity index (χ4v) is 2.11. The minimum atomic E-state index is 0.274. The van der Waals surface area contributed by atoms with Crippen LogP contribution in [0.2, 0.25) is 0 Å². The molecule has 0 aromatic rings. The van der Waals surface area contributed by atoms with Gasteiger partial charge < -0.3 is 15.2 Å². The second kappa shape index (κ2) is 7.20. The monoisotopic (exact) mass is 215 g/mol. The summed E-state index contributed by atoms with van der Waals surface area (Å²) in [6.45, 7) is 6.61. The quantitative estimate of drug-likeness (QED) is 0.677. The van der Waals surface area contributed by atoms with E-state index in [1.54, 1.807) is 0 Å². The van der Waals surface area contributed by atoms with E-state index in [1.165, 1.54) is 12.8 Å². The van der Waals surface area contributed by atoms with Crippen molar-refractivity contribution in [2.45, 2.75) is 51.7 Å². The van der Waals surface area contributed by atoms with Crippen LogP contribution in [-0.2, 0) is 4.74 Å². The summed E-state index contributed by atoms with van der Waals surface area (Å²) in [7, 11) is 0. The molecule has 0 amide bonds. The molecule has 2 N–H and O–H groups in total. The molecule has 1 aliphatic rings. The molecule has 15 heavy (non-hydrogen) atoms. The summed E-state index contributed by atoms with van der Waals surface area (Å²) >= 11 is 0. The average molecular weight is 215 g/mol. The molecule has 0 radical (unpaired) electrons. The number of ether oxygens (including phenoxy) is 1. The van der Waals surface area contributed by atoms with Crippen molar-refractivity contribution in [3.63, 3.8) is 0 Å². The van der Waals surface area contributed by atoms with E-state index in [9.17, 15) is 0 Å². The van der Waals surface area contributed by atoms with E-state index in [2.05, 4.69) is 19.2 Å². The van der Waals surface area contributed by atoms with Gasteiger partial charge in [0.05, 0.1) is 6.10 Å². The van der Waals surface area contributed by atoms with E-state index in [0.29, 0.717) is 18.1 Å². The van der Waals surface area contributed by atoms with Crippen molar-refractivity contribution in [3.8, 4) is 0 Å². The van der Waals surface area contributed by atoms with Crippen molar-refractivity contribution in [3.05, 3.63) is 0 Å². The van der Waals surface area contributed by atoms with E-state index >= 15 is 0 Å². The lowest BCUT2D eigenvalue weighted by Gasteiger charge is -2.22. The van der Waals surface area contributed by atoms with E-state index < -0.39 is 0 Å². The van der Waals surface area contributed by atoms with Crippen LogP contribution >= 0.6 is 0 Å². The summed E-state index contributed by atoms with van der Waals surface area (Å²) < 4.78 is 5.57. The Balaban J connectivity index is 2.09. The lowest BCUT2D eigenvalue weighted by Crippen LogP contribution is -2.36. The Hall–Kier alpha value is -0.120. The first-order valence-electron chi connectivity index (χ1n) is 6.20. The number of rotatable bonds is 7. The first-order valence-corrected chi connectivity index (χ1v) is 6.20. The normalized spacial score (nSPS) is 23.6. The van der Waals surface area contributed by atoms with Crippen molar-refractivity contribution in [2.75, 3.05) is 19.8 Å². The fraction of sp³-hybridized carbons (Fsp3) is 1.00. The first kappa shape index (κ1) is 12.9. The molecule has 3 heteroatoms. The van der Waals surface area contributed by atoms with Gasteiger partial charge in [-0.25, -0.2) is 0 Å². The molecule has 0 spiro atoms. The molecule has 2 unspecified atom stereocenters. The van der Waals surface area contributed by atoms with Crippen LogP contribution in [0.25, 0.3) is 0 Å². The number of hydrogen-bond donors (Lipinski definition) is 2. The Morgan fingerprint density at radius 2 is 2.27 bits per heavy atom. The molecule has 2 atom stereocenters. The Kier molecular flexibility index (Phi) is 6.22. The molecule has 1 saturated heterocycles. The Morgan fingerprint density at radius 1 is 1.47 bits per heavy atom. The highest BCUT2D eigenvalue weighted by Crippen LogP contribution is 2.15. The largest absolute Gasteiger partial charge is 0.396 e. The third kappa shape index (κ3) is 4.96. The molecule has 1 heterocycles. The van der Waals surface area contributed by atoms with Crippen LogP contribution in [0, 0.1) is 5.92 Å². The van der Waals surface area contributed by atoms with Gasteiger partial charge in [0.2, 0.25) is 0 Å². The minimum absolute atomic E-state index is 0.274. The molecule has 0 aromatic carbocycles. The second-order valence-corrected chi connectivity index (χ2v) is 4.74. The van der Waals surface area contributed by atoms with Gasteiger partial charge in [-0.1, -0.05) is 13.8 Å². The summed E-state index contributed by atoms with van der Waals surface area (Å²) in [6, 6.07) is 0.441. The number of nitrogens with one attached hydrogen (secondary N) is 1. The third-order valence-electron chi connectivity index (χ3n) is 3.14. The second-order valence-electron chi connectivity index (χ2n) is 4.74. The maximum absolute atomic E-state index is 8.93. The van der Waals surface area contributed by atoms with Gasteiger partial charge >= 0.3 is 0 Å². The van der Waals surface area contributed by atoms with E-state index in [4.69, 9.17) is 9.84 Å². The molecule has 1 aliphatic heterocycles. The van der Waals surface area contributed by atoms with Crippen molar-refractivity contribution in [1.82, 2.24) is 5.32 Å². The SMILES string of the molecule is CC(C)C(CCO)NCCC1CCCO1. The number of aliphatic hydroxyl groups is 1. The van der Waals surface area contributed by atoms with Crippen molar-refractivity contribution < 1.29 is 9.84 Å². The molecule has 3 nitrogen and oxygen atoms in total. The zero-order valence-electron chi connectivity index (χ0n) is 10.0. The summed E-state index contributed by atoms with van der Waals surface area (Å²) in [5.74, 6) is 0.585. The lowest BCUT2D eigenvalue weighted by atomic mass is 10.0. The van der Waals surface area contributed by atoms with Gasteiger partial charge in [0.15, 0.2) is 0 Å². The predicted molar refractivity (Wildman–Crippen MR) is 61.9 cm³/mol. The molecule has 0 saturated carbocycles. The Morgan fingerprint density at radius 3 is 2.80 bits per heavy atom. The van der Waals surface area contributed by atoms with Gasteiger partial charge in [0, 0.05) is 19.3 Å². The first-order chi connectivity index (χ1) is 7.24. The zero-order chi connectivity index (χ0) is 11.1. The van der Waals surface area contributed by atoms with Crippen LogP contribution in [0.1, 0.15) is 39.5 Å². The Labute approximate surface area is 93.2 Å². The maximum atomic E-state index is 8.93. The standard InChI is InChI=1S/C12H25NO2/c1-10(2)12(6-8-14)13-7-5-11-4-3-9-15-11/h10-14H,3-9H2,1-2H3. The van der Waals surface area contributed by atoms with Crippen LogP contribution in [0.15, 0.2) is 0 Å². The van der Waals surface area contributed by atoms with Gasteiger partial charge in [-0.3, -0.25) is 0 Å². The topological polar surface area (TPSA) is 41.5 Å². The highest BCUT2D eigenvalue weighted by Gasteiger charge is 2.16. The number of hydrogen-bond acceptors (Lipinski definition) is 3. The highest BCUT2D eigenvalue weighted by atomic mass is 16.5. The summed E-state index contributed by atoms with van der Waals surface area (Å²) in [5, 5.41) is 12.4. The van der Waals surface area contributed by atoms with Gasteiger partial charge in [0.25, 0.3) is 0 Å². The van der Waals surface area contributed by atoms with E-state index in [0.717, 1.165) is 26.0 Å². The minimum Gasteiger partial charge on any atom is -0.396 e. The maximum Gasteiger partial charge on any atom is 0.0588 e. The van der Waals surface area contributed by atoms with Crippen LogP contribution in [0.4, 0.5) is 0 Å². The van der Waals surface area contributed by atoms with Crippen molar-refractivity contribution in [2.24, 2.45) is 5.92 Å². The van der Waals surface area contributed by atoms with Gasteiger partial charge in [0.1, 0.15) is 0 Å². The molecule has 1 fully saturated rings. The predicted octanol–water partition coefficient (Wildman–Crippen LogP) is 1.55. The molecule has 0 bridgehead atoms. The summed E-state index contributed by atoms with van der Waals surface area (Å²) in [4.78, 5) is 0. The van der Waals surface area contributed by atoms with Crippen molar-refractivity contribution >= 4 is 0 Å². The molecule has 1 rings (SSSR count). The smallest absolute Gasteiger partial charge is 0.0588 e. The summed E-state index contributed by atoms with van der Waals surface area (Å²) in [5.41, 5.74) is 0. The average Bonchev–Trinajstić information content (AvgIpc) is 2.69. The van der Waals surface area contributed by atoms with Crippen LogP contribution < -0.4 is 5.32 Å². The van der Waals surface area contributed by atoms with Crippen LogP contribution in [0.5, 0.6) is 0 Å². The molecule has 90 valence electrons. The molecule has 0 aliphatic carbocycles. The number of aliphatic hydroxyl groups excluding tert-OH is 1. The van der Waals surface area contributed by atoms with E-state index in [1.807, 2.05) is 0 Å².